The van der Waals surface area contributed by atoms with E-state index in [1.807, 2.05) is 81.4 Å². The van der Waals surface area contributed by atoms with Crippen molar-refractivity contribution in [3.8, 4) is 5.75 Å². The van der Waals surface area contributed by atoms with Crippen LogP contribution < -0.4 is 15.4 Å². The Morgan fingerprint density at radius 1 is 1.00 bits per heavy atom. The van der Waals surface area contributed by atoms with Crippen molar-refractivity contribution in [3.05, 3.63) is 89.5 Å². The maximum atomic E-state index is 14.7. The van der Waals surface area contributed by atoms with Crippen LogP contribution in [0, 0.1) is 31.6 Å². The molecule has 9 heteroatoms. The van der Waals surface area contributed by atoms with Crippen LogP contribution in [-0.2, 0) is 20.8 Å². The molecule has 3 unspecified atom stereocenters. The monoisotopic (exact) mass is 627 g/mol. The maximum Gasteiger partial charge on any atom is 0.248 e. The van der Waals surface area contributed by atoms with Gasteiger partial charge >= 0.3 is 0 Å². The first-order valence-electron chi connectivity index (χ1n) is 15.7. The van der Waals surface area contributed by atoms with Crippen molar-refractivity contribution >= 4 is 40.9 Å². The van der Waals surface area contributed by atoms with Crippen LogP contribution in [0.2, 0.25) is 0 Å². The SMILES string of the molecule is CCOc1ccc(NC(=O)[C@@H]2[C@H]3C(=O)N([C@@H](CO)Cc4ccccc4)C(C(=O)Nc4c(C)cccc4C)C34S[C@@H]2CC4C)cc1. The van der Waals surface area contributed by atoms with E-state index in [0.29, 0.717) is 24.5 Å². The summed E-state index contributed by atoms with van der Waals surface area (Å²) in [7, 11) is 0. The van der Waals surface area contributed by atoms with E-state index in [2.05, 4.69) is 17.6 Å². The van der Waals surface area contributed by atoms with Gasteiger partial charge in [-0.3, -0.25) is 14.4 Å². The molecule has 3 aromatic rings. The molecule has 6 rings (SSSR count). The third-order valence-electron chi connectivity index (χ3n) is 9.81. The molecular formula is C36H41N3O5S. The molecule has 3 heterocycles. The standard InChI is InChI=1S/C36H41N3O5S/c1-5-44-27-16-14-25(15-17-27)37-33(41)29-28-18-23(4)36(45-28)30(29)35(43)39(26(20-40)19-24-12-7-6-8-13-24)32(36)34(42)38-31-21(2)10-9-11-22(31)3/h6-17,23,26,28-30,32,40H,5,18-20H2,1-4H3,(H,37,41)(H,38,42)/t23?,26-,28-,29+,30+,32?,36?/m1/s1. The van der Waals surface area contributed by atoms with Gasteiger partial charge in [-0.2, -0.15) is 0 Å². The molecule has 0 aliphatic carbocycles. The Balaban J connectivity index is 1.38. The summed E-state index contributed by atoms with van der Waals surface area (Å²) in [5.41, 5.74) is 4.18. The Bertz CT molecular complexity index is 1560. The Hall–Kier alpha value is -3.82. The van der Waals surface area contributed by atoms with Crippen LogP contribution >= 0.6 is 11.8 Å². The number of para-hydroxylation sites is 1. The number of aliphatic hydroxyl groups excluding tert-OH is 1. The Kier molecular flexibility index (Phi) is 8.68. The Labute approximate surface area is 268 Å². The van der Waals surface area contributed by atoms with Crippen LogP contribution in [-0.4, -0.2) is 63.0 Å². The van der Waals surface area contributed by atoms with E-state index in [-0.39, 0.29) is 35.5 Å². The molecule has 0 saturated carbocycles. The van der Waals surface area contributed by atoms with Gasteiger partial charge in [-0.25, -0.2) is 0 Å². The maximum absolute atomic E-state index is 14.7. The number of anilines is 2. The molecule has 0 aromatic heterocycles. The number of carbonyl (C=O) groups is 3. The molecule has 3 aliphatic heterocycles. The van der Waals surface area contributed by atoms with Crippen LogP contribution in [0.25, 0.3) is 0 Å². The van der Waals surface area contributed by atoms with Crippen molar-refractivity contribution < 1.29 is 24.2 Å². The van der Waals surface area contributed by atoms with Crippen LogP contribution in [0.5, 0.6) is 5.75 Å². The highest BCUT2D eigenvalue weighted by Gasteiger charge is 2.76. The minimum Gasteiger partial charge on any atom is -0.494 e. The molecular weight excluding hydrogens is 586 g/mol. The van der Waals surface area contributed by atoms with Crippen LogP contribution in [0.15, 0.2) is 72.8 Å². The van der Waals surface area contributed by atoms with Gasteiger partial charge in [-0.15, -0.1) is 11.8 Å². The topological polar surface area (TPSA) is 108 Å². The highest BCUT2D eigenvalue weighted by Crippen LogP contribution is 2.69. The van der Waals surface area contributed by atoms with Gasteiger partial charge in [0.15, 0.2) is 0 Å². The van der Waals surface area contributed by atoms with Crippen molar-refractivity contribution in [2.45, 2.75) is 62.6 Å². The van der Waals surface area contributed by atoms with Crippen molar-refractivity contribution in [2.75, 3.05) is 23.8 Å². The van der Waals surface area contributed by atoms with E-state index in [1.165, 1.54) is 0 Å². The lowest BCUT2D eigenvalue weighted by Crippen LogP contribution is -2.57. The summed E-state index contributed by atoms with van der Waals surface area (Å²) in [5, 5.41) is 16.9. The number of hydrogen-bond acceptors (Lipinski definition) is 6. The van der Waals surface area contributed by atoms with Gasteiger partial charge in [-0.05, 0) is 80.5 Å². The van der Waals surface area contributed by atoms with E-state index >= 15 is 0 Å². The zero-order chi connectivity index (χ0) is 31.9. The first-order chi connectivity index (χ1) is 21.7. The smallest absolute Gasteiger partial charge is 0.248 e. The molecule has 0 radical (unpaired) electrons. The van der Waals surface area contributed by atoms with Crippen LogP contribution in [0.3, 0.4) is 0 Å². The number of nitrogens with zero attached hydrogens (tertiary/aromatic N) is 1. The summed E-state index contributed by atoms with van der Waals surface area (Å²) in [4.78, 5) is 44.9. The van der Waals surface area contributed by atoms with Gasteiger partial charge in [0.25, 0.3) is 0 Å². The number of nitrogens with one attached hydrogen (secondary N) is 2. The summed E-state index contributed by atoms with van der Waals surface area (Å²) in [6.07, 6.45) is 1.11. The van der Waals surface area contributed by atoms with Crippen LogP contribution in [0.1, 0.15) is 37.0 Å². The Morgan fingerprint density at radius 2 is 1.69 bits per heavy atom. The van der Waals surface area contributed by atoms with Crippen molar-refractivity contribution in [1.82, 2.24) is 4.90 Å². The minimum atomic E-state index is -0.858. The van der Waals surface area contributed by atoms with Gasteiger partial charge in [-0.1, -0.05) is 55.5 Å². The molecule has 3 aromatic carbocycles. The molecule has 236 valence electrons. The highest BCUT2D eigenvalue weighted by molar-refractivity contribution is 8.02. The Morgan fingerprint density at radius 3 is 2.33 bits per heavy atom. The highest BCUT2D eigenvalue weighted by atomic mass is 32.2. The summed E-state index contributed by atoms with van der Waals surface area (Å²) in [6.45, 7) is 8.16. The van der Waals surface area contributed by atoms with Gasteiger partial charge < -0.3 is 25.4 Å². The average Bonchev–Trinajstić information content (AvgIpc) is 3.63. The van der Waals surface area contributed by atoms with E-state index in [0.717, 1.165) is 28.8 Å². The molecule has 7 atom stereocenters. The number of fused-ring (bicyclic) bond motifs is 1. The molecule has 2 bridgehead atoms. The number of carbonyl (C=O) groups excluding carboxylic acids is 3. The van der Waals surface area contributed by atoms with Crippen molar-refractivity contribution in [3.63, 3.8) is 0 Å². The minimum absolute atomic E-state index is 0.00533. The van der Waals surface area contributed by atoms with Crippen molar-refractivity contribution in [2.24, 2.45) is 17.8 Å². The van der Waals surface area contributed by atoms with Gasteiger partial charge in [0.2, 0.25) is 17.7 Å². The summed E-state index contributed by atoms with van der Waals surface area (Å²) in [6, 6.07) is 21.3. The summed E-state index contributed by atoms with van der Waals surface area (Å²) >= 11 is 1.62. The number of aryl methyl sites for hydroxylation is 2. The van der Waals surface area contributed by atoms with Crippen molar-refractivity contribution in [1.29, 1.82) is 0 Å². The van der Waals surface area contributed by atoms with E-state index in [9.17, 15) is 19.5 Å². The van der Waals surface area contributed by atoms with Crippen LogP contribution in [0.4, 0.5) is 11.4 Å². The molecule has 1 spiro atoms. The fourth-order valence-electron chi connectivity index (χ4n) is 7.82. The number of hydrogen-bond donors (Lipinski definition) is 3. The second kappa shape index (κ2) is 12.5. The summed E-state index contributed by atoms with van der Waals surface area (Å²) in [5.74, 6) is -1.32. The second-order valence-corrected chi connectivity index (χ2v) is 14.1. The van der Waals surface area contributed by atoms with E-state index in [4.69, 9.17) is 4.74 Å². The lowest BCUT2D eigenvalue weighted by Gasteiger charge is -2.40. The zero-order valence-corrected chi connectivity index (χ0v) is 27.0. The van der Waals surface area contributed by atoms with Gasteiger partial charge in [0, 0.05) is 16.6 Å². The van der Waals surface area contributed by atoms with Gasteiger partial charge in [0.1, 0.15) is 11.8 Å². The first-order valence-corrected chi connectivity index (χ1v) is 16.6. The number of thioether (sulfide) groups is 1. The van der Waals surface area contributed by atoms with E-state index < -0.39 is 28.7 Å². The fourth-order valence-corrected chi connectivity index (χ4v) is 10.2. The molecule has 3 fully saturated rings. The molecule has 3 aliphatic rings. The third kappa shape index (κ3) is 5.40. The number of likely N-dealkylation sites (tertiary alicyclic amines) is 1. The largest absolute Gasteiger partial charge is 0.494 e. The fraction of sp³-hybridized carbons (Fsp3) is 0.417. The molecule has 3 N–H and O–H groups in total. The number of amides is 3. The first kappa shape index (κ1) is 31.2. The number of ether oxygens (including phenoxy) is 1. The third-order valence-corrected chi connectivity index (χ3v) is 11.9. The normalized spacial score (nSPS) is 27.3. The van der Waals surface area contributed by atoms with E-state index in [1.54, 1.807) is 28.8 Å². The lowest BCUT2D eigenvalue weighted by atomic mass is 9.65. The molecule has 45 heavy (non-hydrogen) atoms. The predicted molar refractivity (Wildman–Crippen MR) is 177 cm³/mol. The van der Waals surface area contributed by atoms with Gasteiger partial charge in [0.05, 0.1) is 35.8 Å². The quantitative estimate of drug-likeness (QED) is 0.285. The number of aliphatic hydroxyl groups is 1. The molecule has 3 amide bonds. The number of benzene rings is 3. The average molecular weight is 628 g/mol. The lowest BCUT2D eigenvalue weighted by molar-refractivity contribution is -0.141. The second-order valence-electron chi connectivity index (χ2n) is 12.5. The summed E-state index contributed by atoms with van der Waals surface area (Å²) < 4.78 is 4.73. The molecule has 8 nitrogen and oxygen atoms in total. The predicted octanol–water partition coefficient (Wildman–Crippen LogP) is 5.22. The molecule has 3 saturated heterocycles. The zero-order valence-electron chi connectivity index (χ0n) is 26.2. The number of rotatable bonds is 10.